The molecule has 2 aromatic heterocycles. The minimum atomic E-state index is -0.102. The zero-order valence-electron chi connectivity index (χ0n) is 23.3. The van der Waals surface area contributed by atoms with Gasteiger partial charge in [-0.15, -0.1) is 0 Å². The molecule has 1 saturated heterocycles. The Bertz CT molecular complexity index is 1660. The summed E-state index contributed by atoms with van der Waals surface area (Å²) in [6.45, 7) is 7.51. The molecule has 2 aliphatic heterocycles. The Morgan fingerprint density at radius 1 is 1.15 bits per heavy atom. The van der Waals surface area contributed by atoms with Gasteiger partial charge in [-0.3, -0.25) is 14.3 Å². The second kappa shape index (κ2) is 9.96. The first kappa shape index (κ1) is 25.1. The smallest absolute Gasteiger partial charge is 0.257 e. The van der Waals surface area contributed by atoms with Crippen molar-refractivity contribution in [2.24, 2.45) is 7.05 Å². The fourth-order valence-corrected chi connectivity index (χ4v) is 7.05. The number of ether oxygens (including phenoxy) is 1. The molecule has 2 aromatic carbocycles. The summed E-state index contributed by atoms with van der Waals surface area (Å²) in [5.41, 5.74) is 8.53. The van der Waals surface area contributed by atoms with Crippen molar-refractivity contribution in [1.82, 2.24) is 29.9 Å². The summed E-state index contributed by atoms with van der Waals surface area (Å²) in [6, 6.07) is 6.07. The van der Waals surface area contributed by atoms with Crippen LogP contribution in [-0.2, 0) is 37.8 Å². The highest BCUT2D eigenvalue weighted by molar-refractivity contribution is 6.19. The van der Waals surface area contributed by atoms with Crippen LogP contribution in [0.4, 0.5) is 0 Å². The van der Waals surface area contributed by atoms with Crippen LogP contribution in [0.5, 0.6) is 5.75 Å². The normalized spacial score (nSPS) is 16.3. The Hall–Kier alpha value is -3.85. The number of likely N-dealkylation sites (tertiary alicyclic amines) is 1. The third-order valence-corrected chi connectivity index (χ3v) is 8.77. The maximum absolute atomic E-state index is 13.2. The fourth-order valence-electron chi connectivity index (χ4n) is 7.05. The molecule has 4 aromatic rings. The molecule has 0 bridgehead atoms. The zero-order chi connectivity index (χ0) is 27.4. The first-order chi connectivity index (χ1) is 19.5. The van der Waals surface area contributed by atoms with Crippen LogP contribution >= 0.6 is 0 Å². The highest BCUT2D eigenvalue weighted by Gasteiger charge is 2.35. The van der Waals surface area contributed by atoms with E-state index < -0.39 is 0 Å². The van der Waals surface area contributed by atoms with E-state index in [0.717, 1.165) is 76.6 Å². The Labute approximate surface area is 233 Å². The molecule has 2 N–H and O–H groups in total. The van der Waals surface area contributed by atoms with E-state index in [-0.39, 0.29) is 18.4 Å². The fraction of sp³-hybridized carbons (Fsp3) is 0.452. The van der Waals surface area contributed by atoms with Crippen molar-refractivity contribution in [2.75, 3.05) is 32.8 Å². The molecule has 0 saturated carbocycles. The molecule has 0 atom stereocenters. The topological polar surface area (TPSA) is 93.4 Å². The quantitative estimate of drug-likeness (QED) is 0.334. The predicted octanol–water partition coefficient (Wildman–Crippen LogP) is 3.54. The summed E-state index contributed by atoms with van der Waals surface area (Å²) >= 11 is 0. The van der Waals surface area contributed by atoms with E-state index in [1.54, 1.807) is 0 Å². The molecule has 1 aliphatic carbocycles. The van der Waals surface area contributed by atoms with Gasteiger partial charge in [0.15, 0.2) is 6.61 Å². The van der Waals surface area contributed by atoms with E-state index >= 15 is 0 Å². The van der Waals surface area contributed by atoms with Gasteiger partial charge in [-0.2, -0.15) is 5.10 Å². The molecule has 0 radical (unpaired) electrons. The molecular formula is C31H36N6O3. The molecule has 7 rings (SSSR count). The number of amides is 2. The maximum Gasteiger partial charge on any atom is 0.257 e. The summed E-state index contributed by atoms with van der Waals surface area (Å²) in [7, 11) is 1.94. The Balaban J connectivity index is 1.21. The molecule has 9 heteroatoms. The molecule has 1 fully saturated rings. The van der Waals surface area contributed by atoms with Crippen molar-refractivity contribution in [1.29, 1.82) is 0 Å². The van der Waals surface area contributed by atoms with E-state index in [1.807, 2.05) is 30.1 Å². The Morgan fingerprint density at radius 2 is 2.00 bits per heavy atom. The molecule has 0 unspecified atom stereocenters. The summed E-state index contributed by atoms with van der Waals surface area (Å²) in [5.74, 6) is 0.541. The molecule has 2 amide bonds. The van der Waals surface area contributed by atoms with Crippen LogP contribution in [-0.4, -0.2) is 63.8 Å². The molecule has 0 spiro atoms. The molecular weight excluding hydrogens is 504 g/mol. The highest BCUT2D eigenvalue weighted by Crippen LogP contribution is 2.47. The Morgan fingerprint density at radius 3 is 2.83 bits per heavy atom. The first-order valence-corrected chi connectivity index (χ1v) is 14.6. The van der Waals surface area contributed by atoms with Crippen LogP contribution in [0.25, 0.3) is 32.9 Å². The summed E-state index contributed by atoms with van der Waals surface area (Å²) < 4.78 is 10.2. The maximum atomic E-state index is 13.2. The number of rotatable bonds is 8. The molecule has 3 aliphatic rings. The lowest BCUT2D eigenvalue weighted by Gasteiger charge is -2.21. The lowest BCUT2D eigenvalue weighted by Crippen LogP contribution is -2.32. The van der Waals surface area contributed by atoms with Gasteiger partial charge in [0.05, 0.1) is 16.8 Å². The van der Waals surface area contributed by atoms with Crippen molar-refractivity contribution < 1.29 is 14.3 Å². The molecule has 208 valence electrons. The highest BCUT2D eigenvalue weighted by atomic mass is 16.5. The average Bonchev–Trinajstić information content (AvgIpc) is 3.74. The van der Waals surface area contributed by atoms with Crippen LogP contribution in [0.3, 0.4) is 0 Å². The van der Waals surface area contributed by atoms with Gasteiger partial charge in [0.25, 0.3) is 11.8 Å². The van der Waals surface area contributed by atoms with Crippen molar-refractivity contribution in [3.63, 3.8) is 0 Å². The number of benzene rings is 2. The SMILES string of the molecule is CCn1c2ccc(OCC(=O)NCCCN3CCCC3)cc2c2c3c(c4c(c21)CCc1nn(C)cc1-4)C(=O)NC3. The van der Waals surface area contributed by atoms with Crippen molar-refractivity contribution in [3.8, 4) is 16.9 Å². The number of hydrogen-bond acceptors (Lipinski definition) is 5. The van der Waals surface area contributed by atoms with Gasteiger partial charge < -0.3 is 24.8 Å². The van der Waals surface area contributed by atoms with E-state index in [9.17, 15) is 9.59 Å². The average molecular weight is 541 g/mol. The lowest BCUT2D eigenvalue weighted by atomic mass is 9.82. The monoisotopic (exact) mass is 540 g/mol. The van der Waals surface area contributed by atoms with Gasteiger partial charge in [-0.1, -0.05) is 0 Å². The second-order valence-electron chi connectivity index (χ2n) is 11.2. The summed E-state index contributed by atoms with van der Waals surface area (Å²) in [4.78, 5) is 28.2. The van der Waals surface area contributed by atoms with Crippen LogP contribution in [0.2, 0.25) is 0 Å². The Kier molecular flexibility index (Phi) is 6.26. The van der Waals surface area contributed by atoms with E-state index in [2.05, 4.69) is 38.2 Å². The first-order valence-electron chi connectivity index (χ1n) is 14.6. The minimum absolute atomic E-state index is 0.0149. The lowest BCUT2D eigenvalue weighted by molar-refractivity contribution is -0.123. The van der Waals surface area contributed by atoms with Gasteiger partial charge in [-0.05, 0) is 88.0 Å². The number of hydrogen-bond donors (Lipinski definition) is 2. The van der Waals surface area contributed by atoms with Crippen LogP contribution in [0.15, 0.2) is 24.4 Å². The van der Waals surface area contributed by atoms with Crippen molar-refractivity contribution >= 4 is 33.6 Å². The van der Waals surface area contributed by atoms with Crippen LogP contribution in [0, 0.1) is 0 Å². The number of carbonyl (C=O) groups excluding carboxylic acids is 2. The van der Waals surface area contributed by atoms with Crippen LogP contribution in [0.1, 0.15) is 53.4 Å². The summed E-state index contributed by atoms with van der Waals surface area (Å²) in [5, 5.41) is 12.9. The third-order valence-electron chi connectivity index (χ3n) is 8.77. The number of nitrogens with zero attached hydrogens (tertiary/aromatic N) is 4. The summed E-state index contributed by atoms with van der Waals surface area (Å²) in [6.07, 6.45) is 7.26. The number of aryl methyl sites for hydroxylation is 4. The van der Waals surface area contributed by atoms with Crippen molar-refractivity contribution in [2.45, 2.75) is 52.1 Å². The zero-order valence-corrected chi connectivity index (χ0v) is 23.3. The van der Waals surface area contributed by atoms with Gasteiger partial charge in [0.2, 0.25) is 0 Å². The third kappa shape index (κ3) is 4.06. The largest absolute Gasteiger partial charge is 0.484 e. The van der Waals surface area contributed by atoms with Gasteiger partial charge in [0, 0.05) is 60.3 Å². The number of nitrogens with one attached hydrogen (secondary N) is 2. The van der Waals surface area contributed by atoms with Gasteiger partial charge in [-0.25, -0.2) is 0 Å². The number of aromatic nitrogens is 3. The predicted molar refractivity (Wildman–Crippen MR) is 155 cm³/mol. The van der Waals surface area contributed by atoms with Gasteiger partial charge in [0.1, 0.15) is 5.75 Å². The van der Waals surface area contributed by atoms with Gasteiger partial charge >= 0.3 is 0 Å². The molecule has 4 heterocycles. The van der Waals surface area contributed by atoms with E-state index in [0.29, 0.717) is 18.8 Å². The second-order valence-corrected chi connectivity index (χ2v) is 11.2. The van der Waals surface area contributed by atoms with Crippen molar-refractivity contribution in [3.05, 3.63) is 46.8 Å². The molecule has 40 heavy (non-hydrogen) atoms. The van der Waals surface area contributed by atoms with E-state index in [1.165, 1.54) is 37.0 Å². The molecule has 9 nitrogen and oxygen atoms in total. The number of fused-ring (bicyclic) bond motifs is 10. The standard InChI is InChI=1S/C31H36N6O3/c1-3-37-25-10-7-19(40-18-26(38)32-11-6-14-36-12-4-5-13-36)15-21(25)28-22-16-33-31(39)29(22)27-20(30(28)37)8-9-24-23(27)17-35(2)34-24/h7,10,15,17H,3-6,8-9,11-14,16,18H2,1-2H3,(H,32,38)(H,33,39). The minimum Gasteiger partial charge on any atom is -0.484 e. The van der Waals surface area contributed by atoms with Crippen LogP contribution < -0.4 is 15.4 Å². The van der Waals surface area contributed by atoms with E-state index in [4.69, 9.17) is 4.74 Å². The number of carbonyl (C=O) groups is 2.